The number of ether oxygens (including phenoxy) is 1. The molecule has 0 spiro atoms. The van der Waals surface area contributed by atoms with Gasteiger partial charge in [-0.3, -0.25) is 9.89 Å². The molecule has 1 saturated heterocycles. The first-order valence-electron chi connectivity index (χ1n) is 6.42. The highest BCUT2D eigenvalue weighted by Gasteiger charge is 2.22. The zero-order chi connectivity index (χ0) is 13.9. The summed E-state index contributed by atoms with van der Waals surface area (Å²) in [6, 6.07) is 0. The number of nitrogens with one attached hydrogen (secondary N) is 1. The van der Waals surface area contributed by atoms with Crippen LogP contribution in [0.4, 0.5) is 0 Å². The molecule has 3 heterocycles. The second-order valence-electron chi connectivity index (χ2n) is 4.69. The summed E-state index contributed by atoms with van der Waals surface area (Å²) in [5.41, 5.74) is 0.432. The smallest absolute Gasteiger partial charge is 0.273 e. The van der Waals surface area contributed by atoms with Crippen LogP contribution in [0.3, 0.4) is 0 Å². The molecule has 1 N–H and O–H groups in total. The maximum Gasteiger partial charge on any atom is 0.273 e. The first-order valence-corrected chi connectivity index (χ1v) is 7.30. The fourth-order valence-electron chi connectivity index (χ4n) is 2.16. The number of rotatable bonds is 4. The molecule has 1 amide bonds. The van der Waals surface area contributed by atoms with Gasteiger partial charge in [0.1, 0.15) is 12.0 Å². The van der Waals surface area contributed by atoms with Crippen molar-refractivity contribution >= 4 is 17.2 Å². The molecular weight excluding hydrogens is 278 g/mol. The number of H-pyrrole nitrogens is 1. The van der Waals surface area contributed by atoms with E-state index >= 15 is 0 Å². The van der Waals surface area contributed by atoms with Gasteiger partial charge in [-0.2, -0.15) is 5.10 Å². The second-order valence-corrected chi connectivity index (χ2v) is 5.55. The van der Waals surface area contributed by atoms with Crippen LogP contribution in [0.2, 0.25) is 0 Å². The highest BCUT2D eigenvalue weighted by molar-refractivity contribution is 7.13. The number of hydrogen-bond donors (Lipinski definition) is 1. The second kappa shape index (κ2) is 5.68. The Balaban J connectivity index is 1.67. The lowest BCUT2D eigenvalue weighted by molar-refractivity contribution is 0.0583. The fourth-order valence-corrected chi connectivity index (χ4v) is 2.90. The molecule has 106 valence electrons. The monoisotopic (exact) mass is 293 g/mol. The number of hydrogen-bond acceptors (Lipinski definition) is 6. The minimum absolute atomic E-state index is 0.0949. The molecule has 0 radical (unpaired) electrons. The first-order chi connectivity index (χ1) is 9.74. The van der Waals surface area contributed by atoms with Crippen molar-refractivity contribution in [2.75, 3.05) is 20.2 Å². The number of aromatic amines is 1. The molecule has 7 nitrogen and oxygen atoms in total. The van der Waals surface area contributed by atoms with Gasteiger partial charge in [-0.05, 0) is 12.8 Å². The number of aromatic nitrogens is 4. The van der Waals surface area contributed by atoms with Crippen LogP contribution in [0.25, 0.3) is 10.8 Å². The third kappa shape index (κ3) is 2.70. The number of carbonyl (C=O) groups is 1. The van der Waals surface area contributed by atoms with E-state index in [1.54, 1.807) is 17.3 Å². The third-order valence-corrected chi connectivity index (χ3v) is 4.04. The predicted molar refractivity (Wildman–Crippen MR) is 73.4 cm³/mol. The quantitative estimate of drug-likeness (QED) is 0.915. The molecule has 1 aliphatic rings. The summed E-state index contributed by atoms with van der Waals surface area (Å²) in [5, 5.41) is 8.92. The van der Waals surface area contributed by atoms with Crippen LogP contribution in [0.1, 0.15) is 23.3 Å². The van der Waals surface area contributed by atoms with Crippen LogP contribution in [0, 0.1) is 0 Å². The highest BCUT2D eigenvalue weighted by atomic mass is 32.1. The average Bonchev–Trinajstić information content (AvgIpc) is 3.18. The van der Waals surface area contributed by atoms with Crippen molar-refractivity contribution < 1.29 is 9.53 Å². The van der Waals surface area contributed by atoms with E-state index in [0.29, 0.717) is 23.1 Å². The molecule has 0 saturated carbocycles. The van der Waals surface area contributed by atoms with Gasteiger partial charge in [-0.1, -0.05) is 0 Å². The van der Waals surface area contributed by atoms with Gasteiger partial charge in [0.05, 0.1) is 6.10 Å². The summed E-state index contributed by atoms with van der Waals surface area (Å²) >= 11 is 1.37. The Morgan fingerprint density at radius 3 is 3.25 bits per heavy atom. The summed E-state index contributed by atoms with van der Waals surface area (Å²) in [4.78, 5) is 22.3. The highest BCUT2D eigenvalue weighted by Crippen LogP contribution is 2.20. The van der Waals surface area contributed by atoms with Gasteiger partial charge in [0.25, 0.3) is 5.91 Å². The lowest BCUT2D eigenvalue weighted by Gasteiger charge is -2.19. The number of thiazole rings is 1. The Hall–Kier alpha value is -1.80. The lowest BCUT2D eigenvalue weighted by Crippen LogP contribution is -2.34. The molecular formula is C12H15N5O2S. The summed E-state index contributed by atoms with van der Waals surface area (Å²) < 4.78 is 5.54. The largest absolute Gasteiger partial charge is 0.376 e. The van der Waals surface area contributed by atoms with Crippen LogP contribution in [0.15, 0.2) is 11.7 Å². The van der Waals surface area contributed by atoms with Gasteiger partial charge in [-0.15, -0.1) is 11.3 Å². The zero-order valence-electron chi connectivity index (χ0n) is 11.1. The van der Waals surface area contributed by atoms with Crippen LogP contribution in [-0.2, 0) is 4.74 Å². The number of likely N-dealkylation sites (N-methyl/N-ethyl adjacent to an activating group) is 1. The van der Waals surface area contributed by atoms with E-state index in [2.05, 4.69) is 20.2 Å². The normalized spacial score (nSPS) is 18.4. The Morgan fingerprint density at radius 2 is 2.55 bits per heavy atom. The first kappa shape index (κ1) is 13.2. The van der Waals surface area contributed by atoms with Crippen molar-refractivity contribution in [1.82, 2.24) is 25.1 Å². The Morgan fingerprint density at radius 1 is 1.65 bits per heavy atom. The van der Waals surface area contributed by atoms with E-state index in [4.69, 9.17) is 4.74 Å². The molecule has 2 aromatic heterocycles. The maximum absolute atomic E-state index is 12.3. The Kier molecular flexibility index (Phi) is 3.75. The van der Waals surface area contributed by atoms with Crippen LogP contribution >= 0.6 is 11.3 Å². The van der Waals surface area contributed by atoms with Gasteiger partial charge in [-0.25, -0.2) is 9.97 Å². The van der Waals surface area contributed by atoms with Crippen LogP contribution < -0.4 is 0 Å². The third-order valence-electron chi connectivity index (χ3n) is 3.19. The van der Waals surface area contributed by atoms with Gasteiger partial charge in [0.15, 0.2) is 10.8 Å². The van der Waals surface area contributed by atoms with E-state index < -0.39 is 0 Å². The van der Waals surface area contributed by atoms with Gasteiger partial charge >= 0.3 is 0 Å². The van der Waals surface area contributed by atoms with Crippen molar-refractivity contribution in [3.8, 4) is 10.8 Å². The lowest BCUT2D eigenvalue weighted by atomic mass is 10.2. The predicted octanol–water partition coefficient (Wildman–Crippen LogP) is 1.18. The van der Waals surface area contributed by atoms with Crippen molar-refractivity contribution in [3.63, 3.8) is 0 Å². The molecule has 1 atom stereocenters. The van der Waals surface area contributed by atoms with E-state index in [1.807, 2.05) is 0 Å². The summed E-state index contributed by atoms with van der Waals surface area (Å²) in [5.74, 6) is 0.485. The van der Waals surface area contributed by atoms with Crippen molar-refractivity contribution in [1.29, 1.82) is 0 Å². The van der Waals surface area contributed by atoms with Crippen molar-refractivity contribution in [3.05, 3.63) is 17.4 Å². The number of carbonyl (C=O) groups excluding carboxylic acids is 1. The summed E-state index contributed by atoms with van der Waals surface area (Å²) in [7, 11) is 1.78. The standard InChI is InChI=1S/C12H15N5O2S/c1-17(5-8-3-2-4-19-8)12(18)9-6-20-11(15-9)10-13-7-14-16-10/h6-8H,2-5H2,1H3,(H,13,14,16)/t8-/m1/s1. The van der Waals surface area contributed by atoms with Crippen molar-refractivity contribution in [2.24, 2.45) is 0 Å². The molecule has 0 aromatic carbocycles. The van der Waals surface area contributed by atoms with Crippen molar-refractivity contribution in [2.45, 2.75) is 18.9 Å². The zero-order valence-corrected chi connectivity index (χ0v) is 11.9. The Labute approximate surface area is 120 Å². The van der Waals surface area contributed by atoms with Crippen LogP contribution in [-0.4, -0.2) is 57.3 Å². The van der Waals surface area contributed by atoms with E-state index in [0.717, 1.165) is 19.4 Å². The fraction of sp³-hybridized carbons (Fsp3) is 0.500. The molecule has 3 rings (SSSR count). The molecule has 1 aliphatic heterocycles. The van der Waals surface area contributed by atoms with E-state index in [-0.39, 0.29) is 12.0 Å². The summed E-state index contributed by atoms with van der Waals surface area (Å²) in [6.45, 7) is 1.40. The van der Waals surface area contributed by atoms with Gasteiger partial charge in [0, 0.05) is 25.6 Å². The number of nitrogens with zero attached hydrogens (tertiary/aromatic N) is 4. The van der Waals surface area contributed by atoms with Crippen LogP contribution in [0.5, 0.6) is 0 Å². The SMILES string of the molecule is CN(C[C@H]1CCCO1)C(=O)c1csc(-c2ncn[nH]2)n1. The molecule has 1 fully saturated rings. The average molecular weight is 293 g/mol. The molecule has 2 aromatic rings. The minimum Gasteiger partial charge on any atom is -0.376 e. The van der Waals surface area contributed by atoms with Gasteiger partial charge in [0.2, 0.25) is 0 Å². The molecule has 0 bridgehead atoms. The molecule has 0 aliphatic carbocycles. The molecule has 8 heteroatoms. The Bertz CT molecular complexity index is 576. The minimum atomic E-state index is -0.0949. The molecule has 20 heavy (non-hydrogen) atoms. The van der Waals surface area contributed by atoms with E-state index in [9.17, 15) is 4.79 Å². The number of amides is 1. The summed E-state index contributed by atoms with van der Waals surface area (Å²) in [6.07, 6.45) is 3.65. The van der Waals surface area contributed by atoms with E-state index in [1.165, 1.54) is 17.7 Å². The molecule has 0 unspecified atom stereocenters. The topological polar surface area (TPSA) is 84.0 Å². The maximum atomic E-state index is 12.3. The van der Waals surface area contributed by atoms with Gasteiger partial charge < -0.3 is 9.64 Å².